The van der Waals surface area contributed by atoms with Gasteiger partial charge in [0.25, 0.3) is 0 Å². The Labute approximate surface area is 126 Å². The smallest absolute Gasteiger partial charge is 0.326 e. The molecule has 22 heavy (non-hydrogen) atoms. The number of amides is 3. The van der Waals surface area contributed by atoms with Gasteiger partial charge in [0.15, 0.2) is 0 Å². The highest BCUT2D eigenvalue weighted by Gasteiger charge is 2.29. The van der Waals surface area contributed by atoms with Crippen molar-refractivity contribution in [3.05, 3.63) is 0 Å². The largest absolute Gasteiger partial charge is 0.480 e. The molecule has 0 radical (unpaired) electrons. The van der Waals surface area contributed by atoms with Gasteiger partial charge >= 0.3 is 5.97 Å². The molecule has 3 amide bonds. The van der Waals surface area contributed by atoms with Crippen LogP contribution >= 0.6 is 0 Å². The number of rotatable bonds is 8. The van der Waals surface area contributed by atoms with Crippen molar-refractivity contribution >= 4 is 23.7 Å². The van der Waals surface area contributed by atoms with Crippen LogP contribution < -0.4 is 21.7 Å². The van der Waals surface area contributed by atoms with Crippen molar-refractivity contribution in [3.63, 3.8) is 0 Å². The van der Waals surface area contributed by atoms with Gasteiger partial charge in [0, 0.05) is 0 Å². The topological polar surface area (TPSA) is 171 Å². The molecule has 10 heteroatoms. The highest BCUT2D eigenvalue weighted by Crippen LogP contribution is 2.05. The number of carboxylic acids is 1. The maximum absolute atomic E-state index is 11.9. The van der Waals surface area contributed by atoms with Gasteiger partial charge in [0.05, 0.1) is 19.1 Å². The number of primary amides is 1. The number of carboxylic acid groups (broad SMARTS) is 1. The average molecular weight is 316 g/mol. The zero-order chi connectivity index (χ0) is 16.7. The molecule has 0 aromatic carbocycles. The Hall–Kier alpha value is -2.20. The lowest BCUT2D eigenvalue weighted by Gasteiger charge is -2.21. The van der Waals surface area contributed by atoms with Gasteiger partial charge in [-0.05, 0) is 19.4 Å². The van der Waals surface area contributed by atoms with Crippen LogP contribution in [0.5, 0.6) is 0 Å². The van der Waals surface area contributed by atoms with Crippen LogP contribution in [0.1, 0.15) is 19.3 Å². The molecule has 124 valence electrons. The van der Waals surface area contributed by atoms with Gasteiger partial charge in [-0.25, -0.2) is 4.79 Å². The molecular formula is C12H20N4O6. The highest BCUT2D eigenvalue weighted by molar-refractivity contribution is 5.93. The van der Waals surface area contributed by atoms with Crippen molar-refractivity contribution in [3.8, 4) is 0 Å². The number of aliphatic hydroxyl groups excluding tert-OH is 1. The second-order valence-electron chi connectivity index (χ2n) is 4.96. The van der Waals surface area contributed by atoms with E-state index in [1.54, 1.807) is 0 Å². The third kappa shape index (κ3) is 5.30. The quantitative estimate of drug-likeness (QED) is 0.272. The van der Waals surface area contributed by atoms with E-state index in [-0.39, 0.29) is 0 Å². The van der Waals surface area contributed by atoms with Crippen LogP contribution in [0.2, 0.25) is 0 Å². The summed E-state index contributed by atoms with van der Waals surface area (Å²) < 4.78 is 0. The number of nitrogens with two attached hydrogens (primary N) is 1. The number of hydrogen-bond acceptors (Lipinski definition) is 6. The van der Waals surface area contributed by atoms with Gasteiger partial charge in [-0.1, -0.05) is 0 Å². The second kappa shape index (κ2) is 8.29. The first-order valence-electron chi connectivity index (χ1n) is 6.81. The Morgan fingerprint density at radius 2 is 1.91 bits per heavy atom. The van der Waals surface area contributed by atoms with E-state index in [0.717, 1.165) is 6.42 Å². The van der Waals surface area contributed by atoms with Crippen molar-refractivity contribution in [2.24, 2.45) is 5.73 Å². The molecule has 1 fully saturated rings. The average Bonchev–Trinajstić information content (AvgIpc) is 2.97. The number of carbonyl (C=O) groups excluding carboxylic acids is 3. The standard InChI is InChI=1S/C12H20N4O6/c13-9(18)4-7(12(21)22)15-11(20)8(5-17)16-10(19)6-2-1-3-14-6/h6-8,14,17H,1-5H2,(H2,13,18)(H,15,20)(H,16,19)(H,21,22)/t6-,7-,8+/m0/s1. The lowest BCUT2D eigenvalue weighted by Crippen LogP contribution is -2.56. The molecule has 10 nitrogen and oxygen atoms in total. The molecule has 1 saturated heterocycles. The Balaban J connectivity index is 2.60. The maximum Gasteiger partial charge on any atom is 0.326 e. The van der Waals surface area contributed by atoms with Crippen LogP contribution in [0.3, 0.4) is 0 Å². The zero-order valence-corrected chi connectivity index (χ0v) is 11.9. The van der Waals surface area contributed by atoms with E-state index < -0.39 is 54.8 Å². The minimum atomic E-state index is -1.51. The fourth-order valence-electron chi connectivity index (χ4n) is 2.05. The Morgan fingerprint density at radius 3 is 2.36 bits per heavy atom. The summed E-state index contributed by atoms with van der Waals surface area (Å²) in [6.07, 6.45) is 0.857. The monoisotopic (exact) mass is 316 g/mol. The van der Waals surface area contributed by atoms with Crippen LogP contribution in [0.4, 0.5) is 0 Å². The third-order valence-electron chi connectivity index (χ3n) is 3.21. The Bertz CT molecular complexity index is 449. The van der Waals surface area contributed by atoms with Crippen LogP contribution in [0.25, 0.3) is 0 Å². The first-order chi connectivity index (χ1) is 10.3. The molecule has 0 bridgehead atoms. The van der Waals surface area contributed by atoms with Gasteiger partial charge in [-0.3, -0.25) is 14.4 Å². The summed E-state index contributed by atoms with van der Waals surface area (Å²) in [7, 11) is 0. The molecular weight excluding hydrogens is 296 g/mol. The summed E-state index contributed by atoms with van der Waals surface area (Å²) in [4.78, 5) is 45.5. The van der Waals surface area contributed by atoms with Crippen molar-refractivity contribution < 1.29 is 29.4 Å². The number of aliphatic carboxylic acids is 1. The van der Waals surface area contributed by atoms with Gasteiger partial charge < -0.3 is 31.9 Å². The number of carbonyl (C=O) groups is 4. The van der Waals surface area contributed by atoms with Crippen LogP contribution in [-0.4, -0.2) is 65.2 Å². The predicted octanol–water partition coefficient (Wildman–Crippen LogP) is -3.34. The highest BCUT2D eigenvalue weighted by atomic mass is 16.4. The summed E-state index contributed by atoms with van der Waals surface area (Å²) >= 11 is 0. The van der Waals surface area contributed by atoms with Gasteiger partial charge in [-0.2, -0.15) is 0 Å². The second-order valence-corrected chi connectivity index (χ2v) is 4.96. The Morgan fingerprint density at radius 1 is 1.23 bits per heavy atom. The molecule has 1 aliphatic rings. The number of aliphatic hydroxyl groups is 1. The van der Waals surface area contributed by atoms with Crippen molar-refractivity contribution in [2.45, 2.75) is 37.4 Å². The summed E-state index contributed by atoms with van der Waals surface area (Å²) in [5.41, 5.74) is 4.90. The molecule has 1 aliphatic heterocycles. The van der Waals surface area contributed by atoms with Gasteiger partial charge in [0.2, 0.25) is 17.7 Å². The van der Waals surface area contributed by atoms with Crippen LogP contribution in [0, 0.1) is 0 Å². The zero-order valence-electron chi connectivity index (χ0n) is 11.9. The summed E-state index contributed by atoms with van der Waals surface area (Å²) in [5, 5.41) is 25.4. The van der Waals surface area contributed by atoms with Gasteiger partial charge in [0.1, 0.15) is 12.1 Å². The molecule has 0 spiro atoms. The molecule has 0 aromatic rings. The fourth-order valence-corrected chi connectivity index (χ4v) is 2.05. The molecule has 1 heterocycles. The molecule has 1 rings (SSSR count). The van der Waals surface area contributed by atoms with E-state index in [9.17, 15) is 24.3 Å². The van der Waals surface area contributed by atoms with Crippen LogP contribution in [-0.2, 0) is 19.2 Å². The molecule has 3 atom stereocenters. The molecule has 0 aromatic heterocycles. The lowest BCUT2D eigenvalue weighted by molar-refractivity contribution is -0.144. The molecule has 7 N–H and O–H groups in total. The van der Waals surface area contributed by atoms with E-state index in [2.05, 4.69) is 16.0 Å². The molecule has 0 unspecified atom stereocenters. The first kappa shape index (κ1) is 17.9. The number of nitrogens with one attached hydrogen (secondary N) is 3. The van der Waals surface area contributed by atoms with Crippen LogP contribution in [0.15, 0.2) is 0 Å². The van der Waals surface area contributed by atoms with Crippen molar-refractivity contribution in [1.29, 1.82) is 0 Å². The summed E-state index contributed by atoms with van der Waals surface area (Å²) in [6.45, 7) is -0.0129. The normalized spacial score (nSPS) is 20.0. The van der Waals surface area contributed by atoms with Crippen molar-refractivity contribution in [2.75, 3.05) is 13.2 Å². The van der Waals surface area contributed by atoms with E-state index in [4.69, 9.17) is 10.8 Å². The maximum atomic E-state index is 11.9. The van der Waals surface area contributed by atoms with E-state index in [1.165, 1.54) is 0 Å². The Kier molecular flexibility index (Phi) is 6.73. The third-order valence-corrected chi connectivity index (χ3v) is 3.21. The van der Waals surface area contributed by atoms with E-state index >= 15 is 0 Å². The minimum absolute atomic E-state index is 0.442. The number of hydrogen-bond donors (Lipinski definition) is 6. The fraction of sp³-hybridized carbons (Fsp3) is 0.667. The predicted molar refractivity (Wildman–Crippen MR) is 73.4 cm³/mol. The van der Waals surface area contributed by atoms with Crippen molar-refractivity contribution in [1.82, 2.24) is 16.0 Å². The first-order valence-corrected chi connectivity index (χ1v) is 6.81. The molecule has 0 saturated carbocycles. The summed E-state index contributed by atoms with van der Waals surface area (Å²) in [6, 6.07) is -3.26. The minimum Gasteiger partial charge on any atom is -0.480 e. The molecule has 0 aliphatic carbocycles. The lowest BCUT2D eigenvalue weighted by atomic mass is 10.1. The van der Waals surface area contributed by atoms with E-state index in [1.807, 2.05) is 0 Å². The van der Waals surface area contributed by atoms with Gasteiger partial charge in [-0.15, -0.1) is 0 Å². The summed E-state index contributed by atoms with van der Waals surface area (Å²) in [5.74, 6) is -3.68. The SMILES string of the molecule is NC(=O)C[C@H](NC(=O)[C@@H](CO)NC(=O)[C@@H]1CCCN1)C(=O)O. The van der Waals surface area contributed by atoms with E-state index in [0.29, 0.717) is 13.0 Å².